The maximum atomic E-state index is 12.2. The van der Waals surface area contributed by atoms with Crippen LogP contribution in [0.4, 0.5) is 11.4 Å². The highest BCUT2D eigenvalue weighted by Gasteiger charge is 2.26. The van der Waals surface area contributed by atoms with E-state index in [1.165, 1.54) is 31.2 Å². The van der Waals surface area contributed by atoms with Gasteiger partial charge in [0.25, 0.3) is 0 Å². The molecule has 2 aromatic rings. The zero-order valence-corrected chi connectivity index (χ0v) is 14.8. The number of benzene rings is 1. The smallest absolute Gasteiger partial charge is 0.248 e. The fourth-order valence-electron chi connectivity index (χ4n) is 3.09. The quantitative estimate of drug-likeness (QED) is 0.809. The van der Waals surface area contributed by atoms with E-state index in [2.05, 4.69) is 35.1 Å². The Balaban J connectivity index is 1.67. The van der Waals surface area contributed by atoms with Crippen molar-refractivity contribution in [3.8, 4) is 0 Å². The molecular formula is C20H23N3O2. The van der Waals surface area contributed by atoms with Crippen molar-refractivity contribution >= 4 is 29.3 Å². The number of amides is 2. The van der Waals surface area contributed by atoms with Crippen LogP contribution in [0, 0.1) is 13.8 Å². The Hall–Kier alpha value is -2.82. The normalized spacial score (nSPS) is 13.9. The summed E-state index contributed by atoms with van der Waals surface area (Å²) >= 11 is 0. The van der Waals surface area contributed by atoms with Gasteiger partial charge >= 0.3 is 0 Å². The van der Waals surface area contributed by atoms with E-state index in [-0.39, 0.29) is 11.8 Å². The lowest BCUT2D eigenvalue weighted by molar-refractivity contribution is -0.114. The summed E-state index contributed by atoms with van der Waals surface area (Å²) in [5.41, 5.74) is 4.82. The molecule has 3 rings (SSSR count). The number of carbonyl (C=O) groups excluding carboxylic acids is 2. The number of hydrogen-bond donors (Lipinski definition) is 2. The molecule has 1 aliphatic carbocycles. The second-order valence-electron chi connectivity index (χ2n) is 6.51. The van der Waals surface area contributed by atoms with Gasteiger partial charge in [0.1, 0.15) is 0 Å². The van der Waals surface area contributed by atoms with Gasteiger partial charge < -0.3 is 15.2 Å². The summed E-state index contributed by atoms with van der Waals surface area (Å²) in [6.45, 7) is 5.65. The van der Waals surface area contributed by atoms with E-state index in [1.807, 2.05) is 6.08 Å². The lowest BCUT2D eigenvalue weighted by Crippen LogP contribution is -2.09. The lowest BCUT2D eigenvalue weighted by atomic mass is 10.2. The standard InChI is InChI=1S/C20H23N3O2/c1-13-11-16(14(2)23(13)19-8-9-19)7-10-20(25)22-18-6-4-5-17(12-18)21-15(3)24/h4-7,10-12,19H,8-9H2,1-3H3,(H,21,24)(H,22,25)/b10-7+. The van der Waals surface area contributed by atoms with Crippen molar-refractivity contribution in [1.29, 1.82) is 0 Å². The van der Waals surface area contributed by atoms with Crippen LogP contribution in [0.15, 0.2) is 36.4 Å². The third kappa shape index (κ3) is 4.18. The molecule has 1 aliphatic rings. The fourth-order valence-corrected chi connectivity index (χ4v) is 3.09. The van der Waals surface area contributed by atoms with E-state index in [4.69, 9.17) is 0 Å². The maximum Gasteiger partial charge on any atom is 0.248 e. The molecule has 0 aliphatic heterocycles. The molecule has 1 heterocycles. The molecule has 0 spiro atoms. The molecule has 0 saturated heterocycles. The van der Waals surface area contributed by atoms with Crippen molar-refractivity contribution < 1.29 is 9.59 Å². The minimum absolute atomic E-state index is 0.144. The SMILES string of the molecule is CC(=O)Nc1cccc(NC(=O)/C=C/c2cc(C)n(C3CC3)c2C)c1. The van der Waals surface area contributed by atoms with Gasteiger partial charge in [-0.1, -0.05) is 6.07 Å². The number of anilines is 2. The van der Waals surface area contributed by atoms with Crippen LogP contribution < -0.4 is 10.6 Å². The minimum atomic E-state index is -0.198. The van der Waals surface area contributed by atoms with Gasteiger partial charge in [-0.15, -0.1) is 0 Å². The number of nitrogens with one attached hydrogen (secondary N) is 2. The summed E-state index contributed by atoms with van der Waals surface area (Å²) in [4.78, 5) is 23.3. The molecule has 1 aromatic carbocycles. The molecule has 2 amide bonds. The number of carbonyl (C=O) groups is 2. The van der Waals surface area contributed by atoms with Crippen LogP contribution in [-0.2, 0) is 9.59 Å². The van der Waals surface area contributed by atoms with E-state index >= 15 is 0 Å². The first-order chi connectivity index (χ1) is 11.9. The molecule has 25 heavy (non-hydrogen) atoms. The van der Waals surface area contributed by atoms with Gasteiger partial charge in [0.05, 0.1) is 0 Å². The van der Waals surface area contributed by atoms with Crippen LogP contribution >= 0.6 is 0 Å². The number of aryl methyl sites for hydroxylation is 1. The average Bonchev–Trinajstić information content (AvgIpc) is 3.31. The summed E-state index contributed by atoms with van der Waals surface area (Å²) in [5.74, 6) is -0.342. The molecule has 2 N–H and O–H groups in total. The molecule has 130 valence electrons. The topological polar surface area (TPSA) is 63.1 Å². The Bertz CT molecular complexity index is 845. The maximum absolute atomic E-state index is 12.2. The summed E-state index contributed by atoms with van der Waals surface area (Å²) in [6, 6.07) is 9.83. The second kappa shape index (κ2) is 6.97. The zero-order chi connectivity index (χ0) is 18.0. The highest BCUT2D eigenvalue weighted by Crippen LogP contribution is 2.38. The van der Waals surface area contributed by atoms with Crippen molar-refractivity contribution in [2.45, 2.75) is 39.7 Å². The first-order valence-electron chi connectivity index (χ1n) is 8.49. The van der Waals surface area contributed by atoms with Gasteiger partial charge in [-0.3, -0.25) is 9.59 Å². The minimum Gasteiger partial charge on any atom is -0.346 e. The Morgan fingerprint density at radius 1 is 1.12 bits per heavy atom. The predicted octanol–water partition coefficient (Wildman–Crippen LogP) is 4.05. The van der Waals surface area contributed by atoms with Gasteiger partial charge in [-0.05, 0) is 62.6 Å². The highest BCUT2D eigenvalue weighted by molar-refractivity contribution is 6.02. The summed E-state index contributed by atoms with van der Waals surface area (Å²) in [5, 5.41) is 5.52. The molecule has 1 saturated carbocycles. The Labute approximate surface area is 147 Å². The van der Waals surface area contributed by atoms with E-state index in [0.717, 1.165) is 5.56 Å². The molecule has 0 unspecified atom stereocenters. The third-order valence-electron chi connectivity index (χ3n) is 4.30. The predicted molar refractivity (Wildman–Crippen MR) is 101 cm³/mol. The van der Waals surface area contributed by atoms with Crippen LogP contribution in [0.3, 0.4) is 0 Å². The van der Waals surface area contributed by atoms with Crippen LogP contribution in [0.2, 0.25) is 0 Å². The van der Waals surface area contributed by atoms with Crippen LogP contribution in [0.25, 0.3) is 6.08 Å². The molecule has 1 aromatic heterocycles. The Kier molecular flexibility index (Phi) is 4.74. The molecular weight excluding hydrogens is 314 g/mol. The second-order valence-corrected chi connectivity index (χ2v) is 6.51. The average molecular weight is 337 g/mol. The van der Waals surface area contributed by atoms with Crippen molar-refractivity contribution in [2.75, 3.05) is 10.6 Å². The molecule has 0 radical (unpaired) electrons. The molecule has 0 atom stereocenters. The van der Waals surface area contributed by atoms with Crippen LogP contribution in [-0.4, -0.2) is 16.4 Å². The van der Waals surface area contributed by atoms with E-state index < -0.39 is 0 Å². The van der Waals surface area contributed by atoms with Crippen LogP contribution in [0.1, 0.15) is 42.8 Å². The summed E-state index contributed by atoms with van der Waals surface area (Å²) in [6.07, 6.45) is 5.88. The number of rotatable bonds is 5. The fraction of sp³-hybridized carbons (Fsp3) is 0.300. The summed E-state index contributed by atoms with van der Waals surface area (Å²) in [7, 11) is 0. The van der Waals surface area contributed by atoms with Crippen molar-refractivity contribution in [3.63, 3.8) is 0 Å². The molecule has 5 heteroatoms. The monoisotopic (exact) mass is 337 g/mol. The third-order valence-corrected chi connectivity index (χ3v) is 4.30. The lowest BCUT2D eigenvalue weighted by Gasteiger charge is -2.07. The Morgan fingerprint density at radius 2 is 1.80 bits per heavy atom. The molecule has 1 fully saturated rings. The molecule has 0 bridgehead atoms. The van der Waals surface area contributed by atoms with Gasteiger partial charge in [-0.2, -0.15) is 0 Å². The zero-order valence-electron chi connectivity index (χ0n) is 14.8. The van der Waals surface area contributed by atoms with Crippen molar-refractivity contribution in [2.24, 2.45) is 0 Å². The summed E-state index contributed by atoms with van der Waals surface area (Å²) < 4.78 is 2.36. The van der Waals surface area contributed by atoms with Crippen LogP contribution in [0.5, 0.6) is 0 Å². The van der Waals surface area contributed by atoms with E-state index in [9.17, 15) is 9.59 Å². The highest BCUT2D eigenvalue weighted by atomic mass is 16.2. The first kappa shape index (κ1) is 17.0. The Morgan fingerprint density at radius 3 is 2.44 bits per heavy atom. The van der Waals surface area contributed by atoms with Crippen molar-refractivity contribution in [3.05, 3.63) is 53.4 Å². The number of hydrogen-bond acceptors (Lipinski definition) is 2. The number of nitrogens with zero attached hydrogens (tertiary/aromatic N) is 1. The van der Waals surface area contributed by atoms with Gasteiger partial charge in [0.15, 0.2) is 0 Å². The van der Waals surface area contributed by atoms with E-state index in [1.54, 1.807) is 30.3 Å². The largest absolute Gasteiger partial charge is 0.346 e. The number of aromatic nitrogens is 1. The van der Waals surface area contributed by atoms with Gasteiger partial charge in [-0.25, -0.2) is 0 Å². The molecule has 5 nitrogen and oxygen atoms in total. The van der Waals surface area contributed by atoms with Gasteiger partial charge in [0, 0.05) is 41.8 Å². The van der Waals surface area contributed by atoms with Gasteiger partial charge in [0.2, 0.25) is 11.8 Å². The first-order valence-corrected chi connectivity index (χ1v) is 8.49. The van der Waals surface area contributed by atoms with E-state index in [0.29, 0.717) is 17.4 Å². The van der Waals surface area contributed by atoms with Crippen molar-refractivity contribution in [1.82, 2.24) is 4.57 Å².